The Labute approximate surface area is 96.9 Å². The molecular formula is C13H19N3. The summed E-state index contributed by atoms with van der Waals surface area (Å²) in [5.74, 6) is 1.76. The summed E-state index contributed by atoms with van der Waals surface area (Å²) in [5.41, 5.74) is 2.34. The molecule has 86 valence electrons. The minimum absolute atomic E-state index is 0.879. The monoisotopic (exact) mass is 217 g/mol. The molecular weight excluding hydrogens is 198 g/mol. The maximum Gasteiger partial charge on any atom is 0.0547 e. The Morgan fingerprint density at radius 3 is 2.75 bits per heavy atom. The predicted molar refractivity (Wildman–Crippen MR) is 64.1 cm³/mol. The van der Waals surface area contributed by atoms with Crippen LogP contribution >= 0.6 is 0 Å². The van der Waals surface area contributed by atoms with Crippen molar-refractivity contribution < 1.29 is 0 Å². The van der Waals surface area contributed by atoms with Crippen LogP contribution in [0.3, 0.4) is 0 Å². The van der Waals surface area contributed by atoms with E-state index in [9.17, 15) is 0 Å². The van der Waals surface area contributed by atoms with Gasteiger partial charge in [-0.25, -0.2) is 0 Å². The van der Waals surface area contributed by atoms with Crippen LogP contribution in [0.1, 0.15) is 11.4 Å². The molecule has 0 saturated carbocycles. The van der Waals surface area contributed by atoms with Crippen molar-refractivity contribution in [2.24, 2.45) is 11.8 Å². The molecule has 0 aromatic carbocycles. The van der Waals surface area contributed by atoms with E-state index in [1.807, 2.05) is 0 Å². The van der Waals surface area contributed by atoms with Gasteiger partial charge >= 0.3 is 0 Å². The van der Waals surface area contributed by atoms with Crippen molar-refractivity contribution in [3.63, 3.8) is 0 Å². The second-order valence-electron chi connectivity index (χ2n) is 5.14. The summed E-state index contributed by atoms with van der Waals surface area (Å²) in [6.45, 7) is 7.99. The van der Waals surface area contributed by atoms with Crippen LogP contribution in [0.15, 0.2) is 18.2 Å². The van der Waals surface area contributed by atoms with Crippen LogP contribution in [0.4, 0.5) is 0 Å². The smallest absolute Gasteiger partial charge is 0.0547 e. The van der Waals surface area contributed by atoms with Crippen molar-refractivity contribution in [3.05, 3.63) is 29.6 Å². The number of aromatic nitrogens is 1. The van der Waals surface area contributed by atoms with Gasteiger partial charge in [-0.1, -0.05) is 6.07 Å². The van der Waals surface area contributed by atoms with Crippen molar-refractivity contribution >= 4 is 0 Å². The zero-order chi connectivity index (χ0) is 11.0. The third kappa shape index (κ3) is 1.97. The average molecular weight is 217 g/mol. The second-order valence-corrected chi connectivity index (χ2v) is 5.14. The fourth-order valence-electron chi connectivity index (χ4n) is 3.00. The average Bonchev–Trinajstić information content (AvgIpc) is 2.77. The van der Waals surface area contributed by atoms with Crippen LogP contribution in [0.25, 0.3) is 0 Å². The lowest BCUT2D eigenvalue weighted by molar-refractivity contribution is 0.302. The molecule has 0 bridgehead atoms. The first-order valence-corrected chi connectivity index (χ1v) is 6.17. The minimum atomic E-state index is 0.879. The molecule has 2 atom stereocenters. The largest absolute Gasteiger partial charge is 0.316 e. The molecule has 2 saturated heterocycles. The maximum absolute atomic E-state index is 4.57. The van der Waals surface area contributed by atoms with E-state index in [4.69, 9.17) is 0 Å². The number of nitrogens with zero attached hydrogens (tertiary/aromatic N) is 2. The molecule has 2 fully saturated rings. The highest BCUT2D eigenvalue weighted by atomic mass is 15.2. The number of fused-ring (bicyclic) bond motifs is 1. The first kappa shape index (κ1) is 10.2. The quantitative estimate of drug-likeness (QED) is 0.802. The first-order valence-electron chi connectivity index (χ1n) is 6.17. The molecule has 3 nitrogen and oxygen atoms in total. The first-order chi connectivity index (χ1) is 7.81. The maximum atomic E-state index is 4.57. The Morgan fingerprint density at radius 1 is 1.31 bits per heavy atom. The molecule has 2 aliphatic heterocycles. The Hall–Kier alpha value is -0.930. The Morgan fingerprint density at radius 2 is 2.06 bits per heavy atom. The van der Waals surface area contributed by atoms with Gasteiger partial charge < -0.3 is 5.32 Å². The van der Waals surface area contributed by atoms with Crippen LogP contribution < -0.4 is 5.32 Å². The number of likely N-dealkylation sites (tertiary alicyclic amines) is 1. The van der Waals surface area contributed by atoms with Crippen molar-refractivity contribution in [1.82, 2.24) is 15.2 Å². The topological polar surface area (TPSA) is 28.2 Å². The lowest BCUT2D eigenvalue weighted by Gasteiger charge is -2.16. The summed E-state index contributed by atoms with van der Waals surface area (Å²) in [7, 11) is 0. The summed E-state index contributed by atoms with van der Waals surface area (Å²) in [6.07, 6.45) is 0. The predicted octanol–water partition coefficient (Wildman–Crippen LogP) is 1.04. The molecule has 16 heavy (non-hydrogen) atoms. The fourth-order valence-corrected chi connectivity index (χ4v) is 3.00. The molecule has 1 N–H and O–H groups in total. The van der Waals surface area contributed by atoms with Gasteiger partial charge in [0.1, 0.15) is 0 Å². The van der Waals surface area contributed by atoms with Gasteiger partial charge in [0.15, 0.2) is 0 Å². The number of hydrogen-bond acceptors (Lipinski definition) is 3. The lowest BCUT2D eigenvalue weighted by atomic mass is 10.0. The lowest BCUT2D eigenvalue weighted by Crippen LogP contribution is -2.25. The molecule has 0 spiro atoms. The standard InChI is InChI=1S/C13H19N3/c1-10-3-2-4-13(15-10)9-16-7-11-5-14-6-12(11)8-16/h2-4,11-12,14H,5-9H2,1H3. The molecule has 0 radical (unpaired) electrons. The third-order valence-corrected chi connectivity index (χ3v) is 3.80. The molecule has 2 aliphatic rings. The summed E-state index contributed by atoms with van der Waals surface area (Å²) in [4.78, 5) is 7.13. The number of nitrogens with one attached hydrogen (secondary N) is 1. The van der Waals surface area contributed by atoms with Gasteiger partial charge in [0.25, 0.3) is 0 Å². The van der Waals surface area contributed by atoms with Gasteiger partial charge in [0.2, 0.25) is 0 Å². The van der Waals surface area contributed by atoms with E-state index < -0.39 is 0 Å². The van der Waals surface area contributed by atoms with Gasteiger partial charge in [-0.3, -0.25) is 9.88 Å². The normalized spacial score (nSPS) is 29.6. The van der Waals surface area contributed by atoms with E-state index in [1.165, 1.54) is 31.9 Å². The van der Waals surface area contributed by atoms with E-state index in [0.717, 1.165) is 24.1 Å². The number of hydrogen-bond donors (Lipinski definition) is 1. The number of aryl methyl sites for hydroxylation is 1. The highest BCUT2D eigenvalue weighted by molar-refractivity contribution is 5.10. The van der Waals surface area contributed by atoms with E-state index in [2.05, 4.69) is 40.3 Å². The second kappa shape index (κ2) is 4.15. The fraction of sp³-hybridized carbons (Fsp3) is 0.615. The number of pyridine rings is 1. The van der Waals surface area contributed by atoms with Crippen molar-refractivity contribution in [2.45, 2.75) is 13.5 Å². The van der Waals surface area contributed by atoms with Gasteiger partial charge in [0.05, 0.1) is 5.69 Å². The highest BCUT2D eigenvalue weighted by Gasteiger charge is 2.35. The SMILES string of the molecule is Cc1cccc(CN2CC3CNCC3C2)n1. The summed E-state index contributed by atoms with van der Waals surface area (Å²) >= 11 is 0. The van der Waals surface area contributed by atoms with Crippen LogP contribution in [-0.4, -0.2) is 36.1 Å². The highest BCUT2D eigenvalue weighted by Crippen LogP contribution is 2.27. The summed E-state index contributed by atoms with van der Waals surface area (Å²) < 4.78 is 0. The zero-order valence-electron chi connectivity index (χ0n) is 9.82. The van der Waals surface area contributed by atoms with E-state index in [-0.39, 0.29) is 0 Å². The van der Waals surface area contributed by atoms with Gasteiger partial charge in [-0.05, 0) is 44.0 Å². The Kier molecular flexibility index (Phi) is 2.65. The molecule has 1 aromatic rings. The molecule has 0 aliphatic carbocycles. The van der Waals surface area contributed by atoms with Gasteiger partial charge in [-0.2, -0.15) is 0 Å². The van der Waals surface area contributed by atoms with Gasteiger partial charge in [-0.15, -0.1) is 0 Å². The van der Waals surface area contributed by atoms with Crippen molar-refractivity contribution in [3.8, 4) is 0 Å². The van der Waals surface area contributed by atoms with Gasteiger partial charge in [0, 0.05) is 25.3 Å². The third-order valence-electron chi connectivity index (χ3n) is 3.80. The van der Waals surface area contributed by atoms with Crippen LogP contribution in [0, 0.1) is 18.8 Å². The van der Waals surface area contributed by atoms with E-state index in [0.29, 0.717) is 0 Å². The molecule has 2 unspecified atom stereocenters. The van der Waals surface area contributed by atoms with E-state index in [1.54, 1.807) is 0 Å². The van der Waals surface area contributed by atoms with Crippen LogP contribution in [0.2, 0.25) is 0 Å². The molecule has 3 heterocycles. The molecule has 3 heteroatoms. The summed E-state index contributed by atoms with van der Waals surface area (Å²) in [6, 6.07) is 6.31. The summed E-state index contributed by atoms with van der Waals surface area (Å²) in [5, 5.41) is 3.48. The Balaban J connectivity index is 1.64. The zero-order valence-corrected chi connectivity index (χ0v) is 9.82. The van der Waals surface area contributed by atoms with Crippen LogP contribution in [0.5, 0.6) is 0 Å². The molecule has 0 amide bonds. The minimum Gasteiger partial charge on any atom is -0.316 e. The van der Waals surface area contributed by atoms with Crippen molar-refractivity contribution in [1.29, 1.82) is 0 Å². The molecule has 1 aromatic heterocycles. The Bertz CT molecular complexity index is 365. The van der Waals surface area contributed by atoms with Crippen LogP contribution in [-0.2, 0) is 6.54 Å². The van der Waals surface area contributed by atoms with Crippen molar-refractivity contribution in [2.75, 3.05) is 26.2 Å². The number of rotatable bonds is 2. The van der Waals surface area contributed by atoms with E-state index >= 15 is 0 Å². The molecule has 3 rings (SSSR count).